The molecule has 2 heterocycles. The first kappa shape index (κ1) is 15.7. The number of nitrogens with zero attached hydrogens (tertiary/aromatic N) is 3. The van der Waals surface area contributed by atoms with Gasteiger partial charge in [-0.15, -0.1) is 0 Å². The largest absolute Gasteiger partial charge is 0.419 e. The molecule has 1 aliphatic rings. The highest BCUT2D eigenvalue weighted by atomic mass is 16.6. The van der Waals surface area contributed by atoms with Gasteiger partial charge in [0.15, 0.2) is 5.58 Å². The number of fused-ring (bicyclic) bond motifs is 1. The van der Waals surface area contributed by atoms with Gasteiger partial charge in [-0.25, -0.2) is 4.79 Å². The van der Waals surface area contributed by atoms with Crippen LogP contribution in [0, 0.1) is 10.1 Å². The lowest BCUT2D eigenvalue weighted by Crippen LogP contribution is -2.33. The molecular weight excluding hydrogens is 302 g/mol. The van der Waals surface area contributed by atoms with Crippen LogP contribution < -0.4 is 5.76 Å². The van der Waals surface area contributed by atoms with Crippen molar-refractivity contribution in [3.05, 3.63) is 38.9 Å². The van der Waals surface area contributed by atoms with Crippen LogP contribution in [0.1, 0.15) is 19.3 Å². The third-order valence-electron chi connectivity index (χ3n) is 4.40. The minimum atomic E-state index is -0.499. The van der Waals surface area contributed by atoms with Crippen molar-refractivity contribution >= 4 is 16.8 Å². The van der Waals surface area contributed by atoms with Crippen LogP contribution in [0.4, 0.5) is 5.69 Å². The van der Waals surface area contributed by atoms with Gasteiger partial charge in [0.2, 0.25) is 0 Å². The van der Waals surface area contributed by atoms with E-state index in [0.717, 1.165) is 25.9 Å². The SMILES string of the molecule is O=c1oc2ccc([N+](=O)[O-])cc2n1CCCN1CCC[C@@H]1CO. The van der Waals surface area contributed by atoms with E-state index in [0.29, 0.717) is 24.1 Å². The van der Waals surface area contributed by atoms with Crippen molar-refractivity contribution in [1.82, 2.24) is 9.47 Å². The second-order valence-corrected chi connectivity index (χ2v) is 5.80. The van der Waals surface area contributed by atoms with E-state index in [-0.39, 0.29) is 18.3 Å². The lowest BCUT2D eigenvalue weighted by molar-refractivity contribution is -0.384. The quantitative estimate of drug-likeness (QED) is 0.636. The van der Waals surface area contributed by atoms with Crippen molar-refractivity contribution in [2.45, 2.75) is 31.8 Å². The Balaban J connectivity index is 1.74. The molecule has 1 N–H and O–H groups in total. The number of non-ortho nitro benzene ring substituents is 1. The summed E-state index contributed by atoms with van der Waals surface area (Å²) in [6, 6.07) is 4.35. The number of nitro benzene ring substituents is 1. The number of aliphatic hydroxyl groups excluding tert-OH is 1. The summed E-state index contributed by atoms with van der Waals surface area (Å²) in [4.78, 5) is 24.5. The van der Waals surface area contributed by atoms with Gasteiger partial charge in [0, 0.05) is 31.3 Å². The van der Waals surface area contributed by atoms with E-state index in [1.807, 2.05) is 0 Å². The molecule has 0 radical (unpaired) electrons. The molecule has 1 aliphatic heterocycles. The summed E-state index contributed by atoms with van der Waals surface area (Å²) in [6.45, 7) is 2.32. The highest BCUT2D eigenvalue weighted by Crippen LogP contribution is 2.21. The van der Waals surface area contributed by atoms with Crippen LogP contribution in [0.3, 0.4) is 0 Å². The molecule has 23 heavy (non-hydrogen) atoms. The van der Waals surface area contributed by atoms with Gasteiger partial charge in [-0.1, -0.05) is 0 Å². The molecule has 124 valence electrons. The predicted octanol–water partition coefficient (Wildman–Crippen LogP) is 1.35. The van der Waals surface area contributed by atoms with Gasteiger partial charge in [0.25, 0.3) is 5.69 Å². The molecule has 0 spiro atoms. The van der Waals surface area contributed by atoms with Crippen LogP contribution in [0.5, 0.6) is 0 Å². The monoisotopic (exact) mass is 321 g/mol. The van der Waals surface area contributed by atoms with E-state index >= 15 is 0 Å². The first-order valence-corrected chi connectivity index (χ1v) is 7.73. The third kappa shape index (κ3) is 3.13. The van der Waals surface area contributed by atoms with Gasteiger partial charge < -0.3 is 9.52 Å². The van der Waals surface area contributed by atoms with E-state index in [1.54, 1.807) is 0 Å². The lowest BCUT2D eigenvalue weighted by Gasteiger charge is -2.22. The Morgan fingerprint density at radius 1 is 1.39 bits per heavy atom. The number of hydrogen-bond donors (Lipinski definition) is 1. The Morgan fingerprint density at radius 3 is 2.96 bits per heavy atom. The fourth-order valence-electron chi connectivity index (χ4n) is 3.20. The summed E-state index contributed by atoms with van der Waals surface area (Å²) in [5.74, 6) is -0.499. The molecule has 1 atom stereocenters. The molecule has 1 fully saturated rings. The van der Waals surface area contributed by atoms with E-state index in [9.17, 15) is 20.0 Å². The Labute approximate surface area is 132 Å². The Bertz CT molecular complexity index is 766. The Morgan fingerprint density at radius 2 is 2.22 bits per heavy atom. The van der Waals surface area contributed by atoms with Crippen molar-refractivity contribution in [3.63, 3.8) is 0 Å². The normalized spacial score (nSPS) is 18.7. The number of hydrogen-bond acceptors (Lipinski definition) is 6. The van der Waals surface area contributed by atoms with E-state index < -0.39 is 10.7 Å². The number of likely N-dealkylation sites (tertiary alicyclic amines) is 1. The number of rotatable bonds is 6. The highest BCUT2D eigenvalue weighted by Gasteiger charge is 2.23. The minimum absolute atomic E-state index is 0.0630. The van der Waals surface area contributed by atoms with Gasteiger partial charge >= 0.3 is 5.76 Å². The van der Waals surface area contributed by atoms with E-state index in [1.165, 1.54) is 22.8 Å². The smallest absolute Gasteiger partial charge is 0.408 e. The molecule has 0 saturated carbocycles. The summed E-state index contributed by atoms with van der Waals surface area (Å²) in [6.07, 6.45) is 2.79. The molecule has 0 amide bonds. The van der Waals surface area contributed by atoms with Crippen molar-refractivity contribution < 1.29 is 14.4 Å². The maximum Gasteiger partial charge on any atom is 0.419 e. The van der Waals surface area contributed by atoms with E-state index in [2.05, 4.69) is 4.90 Å². The number of aliphatic hydroxyl groups is 1. The minimum Gasteiger partial charge on any atom is -0.408 e. The second-order valence-electron chi connectivity index (χ2n) is 5.80. The van der Waals surface area contributed by atoms with Crippen molar-refractivity contribution in [2.24, 2.45) is 0 Å². The highest BCUT2D eigenvalue weighted by molar-refractivity contribution is 5.75. The standard InChI is InChI=1S/C15H19N3O5/c19-10-12-3-1-6-16(12)7-2-8-17-13-9-11(18(21)22)4-5-14(13)23-15(17)20/h4-5,9,12,19H,1-3,6-8,10H2/t12-/m1/s1. The van der Waals surface area contributed by atoms with Crippen molar-refractivity contribution in [3.8, 4) is 0 Å². The molecule has 3 rings (SSSR count). The Hall–Kier alpha value is -2.19. The molecule has 0 unspecified atom stereocenters. The molecule has 2 aromatic rings. The Kier molecular flexibility index (Phi) is 4.44. The molecule has 8 nitrogen and oxygen atoms in total. The number of aryl methyl sites for hydroxylation is 1. The zero-order valence-electron chi connectivity index (χ0n) is 12.7. The van der Waals surface area contributed by atoms with Gasteiger partial charge in [0.1, 0.15) is 0 Å². The fraction of sp³-hybridized carbons (Fsp3) is 0.533. The molecule has 1 aromatic heterocycles. The second kappa shape index (κ2) is 6.51. The van der Waals surface area contributed by atoms with Gasteiger partial charge in [0.05, 0.1) is 17.0 Å². The average molecular weight is 321 g/mol. The molecule has 0 aliphatic carbocycles. The summed E-state index contributed by atoms with van der Waals surface area (Å²) < 4.78 is 6.57. The van der Waals surface area contributed by atoms with Crippen LogP contribution in [-0.4, -0.2) is 45.2 Å². The van der Waals surface area contributed by atoms with Gasteiger partial charge in [-0.3, -0.25) is 19.6 Å². The van der Waals surface area contributed by atoms with Gasteiger partial charge in [-0.05, 0) is 31.9 Å². The summed E-state index contributed by atoms with van der Waals surface area (Å²) >= 11 is 0. The van der Waals surface area contributed by atoms with Crippen molar-refractivity contribution in [1.29, 1.82) is 0 Å². The maximum atomic E-state index is 11.9. The lowest BCUT2D eigenvalue weighted by atomic mass is 10.2. The first-order chi connectivity index (χ1) is 11.1. The van der Waals surface area contributed by atoms with Crippen LogP contribution in [0.25, 0.3) is 11.1 Å². The molecule has 1 aromatic carbocycles. The topological polar surface area (TPSA) is 102 Å². The average Bonchev–Trinajstić information content (AvgIpc) is 3.11. The predicted molar refractivity (Wildman–Crippen MR) is 83.4 cm³/mol. The molecule has 0 bridgehead atoms. The molecular formula is C15H19N3O5. The van der Waals surface area contributed by atoms with Gasteiger partial charge in [-0.2, -0.15) is 0 Å². The number of oxazole rings is 1. The zero-order valence-corrected chi connectivity index (χ0v) is 12.7. The zero-order chi connectivity index (χ0) is 16.4. The third-order valence-corrected chi connectivity index (χ3v) is 4.40. The van der Waals surface area contributed by atoms with Crippen LogP contribution >= 0.6 is 0 Å². The molecule has 1 saturated heterocycles. The first-order valence-electron chi connectivity index (χ1n) is 7.73. The van der Waals surface area contributed by atoms with E-state index in [4.69, 9.17) is 4.42 Å². The number of nitro groups is 1. The number of aromatic nitrogens is 1. The fourth-order valence-corrected chi connectivity index (χ4v) is 3.20. The summed E-state index contributed by atoms with van der Waals surface area (Å²) in [5, 5.41) is 20.2. The van der Waals surface area contributed by atoms with Crippen LogP contribution in [0.15, 0.2) is 27.4 Å². The number of benzene rings is 1. The van der Waals surface area contributed by atoms with Crippen molar-refractivity contribution in [2.75, 3.05) is 19.7 Å². The summed E-state index contributed by atoms with van der Waals surface area (Å²) in [5.41, 5.74) is 0.742. The maximum absolute atomic E-state index is 11.9. The van der Waals surface area contributed by atoms with Crippen LogP contribution in [0.2, 0.25) is 0 Å². The summed E-state index contributed by atoms with van der Waals surface area (Å²) in [7, 11) is 0. The van der Waals surface area contributed by atoms with Crippen LogP contribution in [-0.2, 0) is 6.54 Å². The molecule has 8 heteroatoms.